The zero-order valence-corrected chi connectivity index (χ0v) is 12.7. The second-order valence-electron chi connectivity index (χ2n) is 4.81. The fourth-order valence-electron chi connectivity index (χ4n) is 1.73. The standard InChI is InChI=1S/C17H17ClN2O/c1-12-3-6-14(7-4-12)9-10-19-17(21)20-15-8-5-13(2)16(18)11-15/h3-11H,1-2H3,(H2,19,20,21)/b10-9+. The molecule has 0 saturated carbocycles. The van der Waals surface area contributed by atoms with E-state index in [0.717, 1.165) is 11.1 Å². The molecule has 0 fully saturated rings. The van der Waals surface area contributed by atoms with E-state index < -0.39 is 0 Å². The Balaban J connectivity index is 1.89. The number of anilines is 1. The van der Waals surface area contributed by atoms with Crippen molar-refractivity contribution in [3.8, 4) is 0 Å². The summed E-state index contributed by atoms with van der Waals surface area (Å²) in [5.74, 6) is 0. The molecule has 0 atom stereocenters. The molecule has 2 N–H and O–H groups in total. The summed E-state index contributed by atoms with van der Waals surface area (Å²) >= 11 is 6.01. The lowest BCUT2D eigenvalue weighted by atomic mass is 10.1. The van der Waals surface area contributed by atoms with E-state index in [1.807, 2.05) is 56.3 Å². The molecule has 0 bridgehead atoms. The third kappa shape index (κ3) is 4.65. The fourth-order valence-corrected chi connectivity index (χ4v) is 1.91. The highest BCUT2D eigenvalue weighted by Gasteiger charge is 2.01. The van der Waals surface area contributed by atoms with Crippen LogP contribution in [0.25, 0.3) is 6.08 Å². The number of amides is 2. The molecule has 2 amide bonds. The van der Waals surface area contributed by atoms with Crippen molar-refractivity contribution in [2.24, 2.45) is 0 Å². The minimum atomic E-state index is -0.307. The maximum Gasteiger partial charge on any atom is 0.323 e. The van der Waals surface area contributed by atoms with Crippen LogP contribution in [0.4, 0.5) is 10.5 Å². The number of benzene rings is 2. The Morgan fingerprint density at radius 3 is 2.48 bits per heavy atom. The molecular formula is C17H17ClN2O. The van der Waals surface area contributed by atoms with E-state index in [0.29, 0.717) is 10.7 Å². The molecule has 0 saturated heterocycles. The summed E-state index contributed by atoms with van der Waals surface area (Å²) in [5, 5.41) is 6.00. The quantitative estimate of drug-likeness (QED) is 0.844. The third-order valence-corrected chi connectivity index (χ3v) is 3.40. The third-order valence-electron chi connectivity index (χ3n) is 3.00. The first-order valence-corrected chi connectivity index (χ1v) is 6.99. The number of urea groups is 1. The SMILES string of the molecule is Cc1ccc(/C=C/NC(=O)Nc2ccc(C)c(Cl)c2)cc1. The van der Waals surface area contributed by atoms with Crippen molar-refractivity contribution in [2.75, 3.05) is 5.32 Å². The molecule has 0 aromatic heterocycles. The van der Waals surface area contributed by atoms with Crippen molar-refractivity contribution < 1.29 is 4.79 Å². The Kier molecular flexibility index (Phi) is 5.01. The average Bonchev–Trinajstić information content (AvgIpc) is 2.45. The van der Waals surface area contributed by atoms with Crippen molar-refractivity contribution in [2.45, 2.75) is 13.8 Å². The van der Waals surface area contributed by atoms with Gasteiger partial charge in [0, 0.05) is 16.9 Å². The van der Waals surface area contributed by atoms with E-state index in [9.17, 15) is 4.79 Å². The van der Waals surface area contributed by atoms with Gasteiger partial charge in [0.1, 0.15) is 0 Å². The summed E-state index contributed by atoms with van der Waals surface area (Å²) in [6.07, 6.45) is 3.44. The van der Waals surface area contributed by atoms with Crippen LogP contribution in [-0.4, -0.2) is 6.03 Å². The van der Waals surface area contributed by atoms with Crippen molar-refractivity contribution in [1.29, 1.82) is 0 Å². The molecule has 0 aliphatic heterocycles. The van der Waals surface area contributed by atoms with Gasteiger partial charge in [0.25, 0.3) is 0 Å². The maximum atomic E-state index is 11.7. The molecule has 0 unspecified atom stereocenters. The van der Waals surface area contributed by atoms with Crippen molar-refractivity contribution in [3.63, 3.8) is 0 Å². The molecule has 0 aliphatic carbocycles. The number of carbonyl (C=O) groups is 1. The van der Waals surface area contributed by atoms with E-state index in [2.05, 4.69) is 10.6 Å². The van der Waals surface area contributed by atoms with Gasteiger partial charge >= 0.3 is 6.03 Å². The van der Waals surface area contributed by atoms with Crippen LogP contribution < -0.4 is 10.6 Å². The van der Waals surface area contributed by atoms with E-state index in [1.54, 1.807) is 12.3 Å². The Morgan fingerprint density at radius 2 is 1.81 bits per heavy atom. The molecular weight excluding hydrogens is 284 g/mol. The van der Waals surface area contributed by atoms with Crippen LogP contribution in [0.3, 0.4) is 0 Å². The monoisotopic (exact) mass is 300 g/mol. The Hall–Kier alpha value is -2.26. The number of hydrogen-bond donors (Lipinski definition) is 2. The van der Waals surface area contributed by atoms with Gasteiger partial charge in [0.05, 0.1) is 0 Å². The summed E-state index contributed by atoms with van der Waals surface area (Å²) in [6.45, 7) is 3.95. The summed E-state index contributed by atoms with van der Waals surface area (Å²) in [5.41, 5.74) is 3.86. The predicted molar refractivity (Wildman–Crippen MR) is 88.6 cm³/mol. The molecule has 3 nitrogen and oxygen atoms in total. The van der Waals surface area contributed by atoms with Gasteiger partial charge in [-0.05, 0) is 43.2 Å². The Morgan fingerprint density at radius 1 is 1.10 bits per heavy atom. The number of hydrogen-bond acceptors (Lipinski definition) is 1. The molecule has 0 aliphatic rings. The van der Waals surface area contributed by atoms with Crippen molar-refractivity contribution in [1.82, 2.24) is 5.32 Å². The molecule has 2 aromatic carbocycles. The van der Waals surface area contributed by atoms with Crippen LogP contribution >= 0.6 is 11.6 Å². The van der Waals surface area contributed by atoms with Gasteiger partial charge in [0.2, 0.25) is 0 Å². The number of carbonyl (C=O) groups excluding carboxylic acids is 1. The molecule has 21 heavy (non-hydrogen) atoms. The maximum absolute atomic E-state index is 11.7. The van der Waals surface area contributed by atoms with Gasteiger partial charge in [0.15, 0.2) is 0 Å². The number of rotatable bonds is 3. The van der Waals surface area contributed by atoms with Crippen LogP contribution in [0.5, 0.6) is 0 Å². The van der Waals surface area contributed by atoms with Crippen LogP contribution in [0, 0.1) is 13.8 Å². The zero-order valence-electron chi connectivity index (χ0n) is 12.0. The van der Waals surface area contributed by atoms with Gasteiger partial charge < -0.3 is 10.6 Å². The normalized spacial score (nSPS) is 10.6. The largest absolute Gasteiger partial charge is 0.323 e. The highest BCUT2D eigenvalue weighted by molar-refractivity contribution is 6.31. The molecule has 2 rings (SSSR count). The molecule has 108 valence electrons. The van der Waals surface area contributed by atoms with E-state index >= 15 is 0 Å². The molecule has 0 radical (unpaired) electrons. The Labute approximate surface area is 129 Å². The first-order chi connectivity index (χ1) is 10.0. The minimum absolute atomic E-state index is 0.307. The van der Waals surface area contributed by atoms with Crippen LogP contribution in [0.15, 0.2) is 48.7 Å². The molecule has 4 heteroatoms. The number of halogens is 1. The van der Waals surface area contributed by atoms with E-state index in [4.69, 9.17) is 11.6 Å². The highest BCUT2D eigenvalue weighted by Crippen LogP contribution is 2.19. The second-order valence-corrected chi connectivity index (χ2v) is 5.21. The van der Waals surface area contributed by atoms with E-state index in [1.165, 1.54) is 5.56 Å². The second kappa shape index (κ2) is 6.95. The first kappa shape index (κ1) is 15.1. The predicted octanol–water partition coefficient (Wildman–Crippen LogP) is 4.75. The highest BCUT2D eigenvalue weighted by atomic mass is 35.5. The van der Waals surface area contributed by atoms with Gasteiger partial charge in [-0.15, -0.1) is 0 Å². The first-order valence-electron chi connectivity index (χ1n) is 6.61. The fraction of sp³-hybridized carbons (Fsp3) is 0.118. The average molecular weight is 301 g/mol. The lowest BCUT2D eigenvalue weighted by Crippen LogP contribution is -2.23. The number of aryl methyl sites for hydroxylation is 2. The van der Waals surface area contributed by atoms with E-state index in [-0.39, 0.29) is 6.03 Å². The topological polar surface area (TPSA) is 41.1 Å². The van der Waals surface area contributed by atoms with Gasteiger partial charge in [-0.3, -0.25) is 0 Å². The smallest absolute Gasteiger partial charge is 0.314 e. The van der Waals surface area contributed by atoms with Crippen LogP contribution in [0.2, 0.25) is 5.02 Å². The van der Waals surface area contributed by atoms with Crippen molar-refractivity contribution >= 4 is 29.4 Å². The van der Waals surface area contributed by atoms with Gasteiger partial charge in [-0.25, -0.2) is 4.79 Å². The zero-order chi connectivity index (χ0) is 15.2. The van der Waals surface area contributed by atoms with Gasteiger partial charge in [-0.1, -0.05) is 47.5 Å². The van der Waals surface area contributed by atoms with Crippen molar-refractivity contribution in [3.05, 3.63) is 70.4 Å². The lowest BCUT2D eigenvalue weighted by molar-refractivity contribution is 0.255. The lowest BCUT2D eigenvalue weighted by Gasteiger charge is -2.06. The minimum Gasteiger partial charge on any atom is -0.314 e. The summed E-state index contributed by atoms with van der Waals surface area (Å²) in [6, 6.07) is 13.1. The Bertz CT molecular complexity index is 663. The number of nitrogens with one attached hydrogen (secondary N) is 2. The van der Waals surface area contributed by atoms with Gasteiger partial charge in [-0.2, -0.15) is 0 Å². The van der Waals surface area contributed by atoms with Crippen LogP contribution in [0.1, 0.15) is 16.7 Å². The molecule has 0 spiro atoms. The summed E-state index contributed by atoms with van der Waals surface area (Å²) in [4.78, 5) is 11.7. The van der Waals surface area contributed by atoms with Crippen LogP contribution in [-0.2, 0) is 0 Å². The summed E-state index contributed by atoms with van der Waals surface area (Å²) < 4.78 is 0. The summed E-state index contributed by atoms with van der Waals surface area (Å²) in [7, 11) is 0. The molecule has 2 aromatic rings. The molecule has 0 heterocycles.